The molecule has 164 valence electrons. The van der Waals surface area contributed by atoms with Crippen molar-refractivity contribution in [3.05, 3.63) is 80.8 Å². The first-order chi connectivity index (χ1) is 15.2. The van der Waals surface area contributed by atoms with Crippen LogP contribution < -0.4 is 10.4 Å². The molecule has 0 unspecified atom stereocenters. The van der Waals surface area contributed by atoms with Crippen LogP contribution in [0.2, 0.25) is 0 Å². The fourth-order valence-electron chi connectivity index (χ4n) is 2.91. The van der Waals surface area contributed by atoms with E-state index in [0.717, 1.165) is 41.1 Å². The van der Waals surface area contributed by atoms with Crippen LogP contribution in [0.25, 0.3) is 6.08 Å². The third-order valence-electron chi connectivity index (χ3n) is 4.44. The van der Waals surface area contributed by atoms with Gasteiger partial charge in [-0.05, 0) is 24.1 Å². The molecule has 0 saturated carbocycles. The van der Waals surface area contributed by atoms with Crippen LogP contribution >= 0.6 is 24.0 Å². The second-order valence-electron chi connectivity index (χ2n) is 6.87. The summed E-state index contributed by atoms with van der Waals surface area (Å²) in [5.41, 5.74) is 1.40. The molecule has 1 saturated heterocycles. The van der Waals surface area contributed by atoms with Crippen molar-refractivity contribution in [3.63, 3.8) is 0 Å². The third-order valence-corrected chi connectivity index (χ3v) is 5.81. The van der Waals surface area contributed by atoms with Crippen molar-refractivity contribution in [1.82, 2.24) is 4.90 Å². The van der Waals surface area contributed by atoms with Gasteiger partial charge in [-0.3, -0.25) is 24.6 Å². The summed E-state index contributed by atoms with van der Waals surface area (Å²) in [5.74, 6) is -1.40. The van der Waals surface area contributed by atoms with Crippen molar-refractivity contribution in [2.45, 2.75) is 13.3 Å². The number of nitrogens with zero attached hydrogens (tertiary/aromatic N) is 2. The summed E-state index contributed by atoms with van der Waals surface area (Å²) >= 11 is 6.43. The van der Waals surface area contributed by atoms with Gasteiger partial charge in [-0.1, -0.05) is 72.2 Å². The van der Waals surface area contributed by atoms with Gasteiger partial charge < -0.3 is 10.4 Å². The first kappa shape index (κ1) is 23.2. The van der Waals surface area contributed by atoms with Gasteiger partial charge in [0.2, 0.25) is 5.91 Å². The minimum atomic E-state index is -0.657. The van der Waals surface area contributed by atoms with Gasteiger partial charge in [-0.2, -0.15) is 0 Å². The standard InChI is InChI=1S/C22H19N3O5S2/c1-14(11-15-5-3-2-4-6-15)12-19-21(28)24(22(31)32-19)10-9-20(27)23-17-13-16(25(29)30)7-8-18(17)26/h2-8,11-13,26H,9-10H2,1H3,(H,23,27)/p-1/b14-11+,19-12-. The van der Waals surface area contributed by atoms with Gasteiger partial charge in [-0.15, -0.1) is 0 Å². The number of benzene rings is 2. The van der Waals surface area contributed by atoms with Crippen LogP contribution in [0, 0.1) is 10.1 Å². The average Bonchev–Trinajstić information content (AvgIpc) is 3.01. The van der Waals surface area contributed by atoms with E-state index in [1.807, 2.05) is 43.3 Å². The van der Waals surface area contributed by atoms with Crippen LogP contribution in [0.1, 0.15) is 18.9 Å². The number of allylic oxidation sites excluding steroid dienone is 2. The van der Waals surface area contributed by atoms with Crippen molar-refractivity contribution in [3.8, 4) is 5.75 Å². The summed E-state index contributed by atoms with van der Waals surface area (Å²) in [6.07, 6.45) is 3.57. The highest BCUT2D eigenvalue weighted by Crippen LogP contribution is 2.32. The zero-order chi connectivity index (χ0) is 23.3. The predicted molar refractivity (Wildman–Crippen MR) is 126 cm³/mol. The van der Waals surface area contributed by atoms with E-state index in [0.29, 0.717) is 9.23 Å². The van der Waals surface area contributed by atoms with E-state index in [1.165, 1.54) is 4.90 Å². The Balaban J connectivity index is 1.62. The number of anilines is 1. The lowest BCUT2D eigenvalue weighted by Crippen LogP contribution is -2.31. The molecule has 0 aromatic heterocycles. The summed E-state index contributed by atoms with van der Waals surface area (Å²) in [6.45, 7) is 1.91. The van der Waals surface area contributed by atoms with Gasteiger partial charge in [-0.25, -0.2) is 0 Å². The molecule has 1 N–H and O–H groups in total. The quantitative estimate of drug-likeness (QED) is 0.284. The van der Waals surface area contributed by atoms with Gasteiger partial charge in [0.05, 0.1) is 9.83 Å². The molecule has 0 aliphatic carbocycles. The largest absolute Gasteiger partial charge is 0.871 e. The Hall–Kier alpha value is -3.50. The number of nitrogens with one attached hydrogen (secondary N) is 1. The number of thiocarbonyl (C=S) groups is 1. The van der Waals surface area contributed by atoms with E-state index < -0.39 is 16.6 Å². The molecule has 2 aromatic carbocycles. The molecule has 1 fully saturated rings. The maximum Gasteiger partial charge on any atom is 0.271 e. The van der Waals surface area contributed by atoms with E-state index in [-0.39, 0.29) is 30.2 Å². The molecule has 0 atom stereocenters. The molecule has 32 heavy (non-hydrogen) atoms. The molecule has 8 nitrogen and oxygen atoms in total. The molecular weight excluding hydrogens is 450 g/mol. The minimum Gasteiger partial charge on any atom is -0.871 e. The maximum atomic E-state index is 12.7. The monoisotopic (exact) mass is 468 g/mol. The number of nitro groups is 1. The number of amides is 2. The molecule has 10 heteroatoms. The van der Waals surface area contributed by atoms with Crippen molar-refractivity contribution in [1.29, 1.82) is 0 Å². The highest BCUT2D eigenvalue weighted by Gasteiger charge is 2.32. The van der Waals surface area contributed by atoms with Gasteiger partial charge in [0.15, 0.2) is 0 Å². The molecule has 1 aliphatic rings. The molecule has 1 aliphatic heterocycles. The Morgan fingerprint density at radius 2 is 1.97 bits per heavy atom. The number of hydrogen-bond donors (Lipinski definition) is 1. The van der Waals surface area contributed by atoms with Crippen LogP contribution in [0.15, 0.2) is 65.1 Å². The van der Waals surface area contributed by atoms with Crippen molar-refractivity contribution < 1.29 is 19.6 Å². The molecule has 0 spiro atoms. The Morgan fingerprint density at radius 1 is 1.25 bits per heavy atom. The molecule has 2 aromatic rings. The molecular formula is C22H18N3O5S2-. The molecule has 1 heterocycles. The Bertz CT molecular complexity index is 1150. The van der Waals surface area contributed by atoms with Crippen molar-refractivity contribution in [2.75, 3.05) is 11.9 Å². The van der Waals surface area contributed by atoms with Crippen molar-refractivity contribution in [2.24, 2.45) is 0 Å². The number of rotatable bonds is 7. The Morgan fingerprint density at radius 3 is 2.66 bits per heavy atom. The van der Waals surface area contributed by atoms with Gasteiger partial charge in [0.1, 0.15) is 4.32 Å². The summed E-state index contributed by atoms with van der Waals surface area (Å²) < 4.78 is 0.335. The highest BCUT2D eigenvalue weighted by atomic mass is 32.2. The fourth-order valence-corrected chi connectivity index (χ4v) is 4.27. The number of thioether (sulfide) groups is 1. The van der Waals surface area contributed by atoms with E-state index >= 15 is 0 Å². The summed E-state index contributed by atoms with van der Waals surface area (Å²) in [5, 5.41) is 25.0. The predicted octanol–water partition coefficient (Wildman–Crippen LogP) is 3.84. The van der Waals surface area contributed by atoms with E-state index in [9.17, 15) is 24.8 Å². The Kier molecular flexibility index (Phi) is 7.39. The normalized spacial score (nSPS) is 15.3. The zero-order valence-electron chi connectivity index (χ0n) is 16.9. The first-order valence-corrected chi connectivity index (χ1v) is 10.7. The third kappa shape index (κ3) is 5.80. The summed E-state index contributed by atoms with van der Waals surface area (Å²) in [7, 11) is 0. The Labute approximate surface area is 193 Å². The lowest BCUT2D eigenvalue weighted by molar-refractivity contribution is -0.385. The van der Waals surface area contributed by atoms with E-state index in [4.69, 9.17) is 12.2 Å². The maximum absolute atomic E-state index is 12.7. The molecule has 0 radical (unpaired) electrons. The van der Waals surface area contributed by atoms with Crippen LogP contribution in [0.3, 0.4) is 0 Å². The molecule has 0 bridgehead atoms. The molecule has 3 rings (SSSR count). The highest BCUT2D eigenvalue weighted by molar-refractivity contribution is 8.26. The second kappa shape index (κ2) is 10.2. The van der Waals surface area contributed by atoms with Crippen molar-refractivity contribution >= 4 is 57.6 Å². The van der Waals surface area contributed by atoms with E-state index in [2.05, 4.69) is 5.32 Å². The van der Waals surface area contributed by atoms with Crippen LogP contribution in [0.4, 0.5) is 11.4 Å². The topological polar surface area (TPSA) is 116 Å². The number of hydrogen-bond acceptors (Lipinski definition) is 7. The second-order valence-corrected chi connectivity index (χ2v) is 8.54. The number of carbonyl (C=O) groups is 2. The van der Waals surface area contributed by atoms with Gasteiger partial charge >= 0.3 is 0 Å². The van der Waals surface area contributed by atoms with Crippen LogP contribution in [-0.2, 0) is 9.59 Å². The number of carbonyl (C=O) groups excluding carboxylic acids is 2. The minimum absolute atomic E-state index is 0.0262. The smallest absolute Gasteiger partial charge is 0.271 e. The average molecular weight is 469 g/mol. The summed E-state index contributed by atoms with van der Waals surface area (Å²) in [6, 6.07) is 12.8. The van der Waals surface area contributed by atoms with Crippen LogP contribution in [0.5, 0.6) is 5.75 Å². The van der Waals surface area contributed by atoms with Crippen LogP contribution in [-0.4, -0.2) is 32.5 Å². The lowest BCUT2D eigenvalue weighted by atomic mass is 10.1. The lowest BCUT2D eigenvalue weighted by Gasteiger charge is -2.16. The zero-order valence-corrected chi connectivity index (χ0v) is 18.6. The number of non-ortho nitro benzene ring substituents is 1. The summed E-state index contributed by atoms with van der Waals surface area (Å²) in [4.78, 5) is 36.9. The fraction of sp³-hybridized carbons (Fsp3) is 0.136. The van der Waals surface area contributed by atoms with Gasteiger partial charge in [0, 0.05) is 30.8 Å². The van der Waals surface area contributed by atoms with E-state index in [1.54, 1.807) is 6.08 Å². The number of nitro benzene ring substituents is 1. The van der Waals surface area contributed by atoms with Gasteiger partial charge in [0.25, 0.3) is 11.6 Å². The molecule has 2 amide bonds. The first-order valence-electron chi connectivity index (χ1n) is 9.48. The SMILES string of the molecule is CC(/C=C1\SC(=S)N(CCC(=O)Nc2cc([N+](=O)[O-])ccc2[O-])C1=O)=C\c1ccccc1.